The number of aromatic nitrogens is 5. The van der Waals surface area contributed by atoms with E-state index >= 15 is 0 Å². The third-order valence-electron chi connectivity index (χ3n) is 1.46. The molecular weight excluding hydrogens is 160 g/mol. The van der Waals surface area contributed by atoms with Gasteiger partial charge in [-0.15, -0.1) is 9.89 Å². The van der Waals surface area contributed by atoms with Crippen LogP contribution >= 0.6 is 0 Å². The molecule has 12 heavy (non-hydrogen) atoms. The Morgan fingerprint density at radius 3 is 3.25 bits per heavy atom. The Morgan fingerprint density at radius 1 is 1.67 bits per heavy atom. The Bertz CT molecular complexity index is 456. The minimum atomic E-state index is -0.290. The lowest BCUT2D eigenvalue weighted by atomic mass is 10.5. The second-order valence-corrected chi connectivity index (χ2v) is 2.13. The molecule has 0 amide bonds. The molecule has 62 valence electrons. The predicted octanol–water partition coefficient (Wildman–Crippen LogP) is -1.31. The van der Waals surface area contributed by atoms with Crippen molar-refractivity contribution in [2.45, 2.75) is 0 Å². The van der Waals surface area contributed by atoms with Gasteiger partial charge in [-0.25, -0.2) is 4.98 Å². The van der Waals surface area contributed by atoms with E-state index in [4.69, 9.17) is 0 Å². The van der Waals surface area contributed by atoms with E-state index in [1.807, 2.05) is 0 Å². The molecule has 0 aliphatic rings. The van der Waals surface area contributed by atoms with Crippen molar-refractivity contribution in [3.05, 3.63) is 16.7 Å². The summed E-state index contributed by atoms with van der Waals surface area (Å²) in [6, 6.07) is 0. The zero-order valence-electron chi connectivity index (χ0n) is 6.27. The first-order chi connectivity index (χ1) is 5.83. The molecule has 2 N–H and O–H groups in total. The molecule has 2 aromatic rings. The van der Waals surface area contributed by atoms with Crippen LogP contribution in [-0.2, 0) is 0 Å². The average Bonchev–Trinajstić information content (AvgIpc) is 2.49. The maximum absolute atomic E-state index is 11.1. The average molecular weight is 166 g/mol. The number of rotatable bonds is 1. The molecule has 0 aliphatic heterocycles. The highest BCUT2D eigenvalue weighted by Crippen LogP contribution is 1.96. The summed E-state index contributed by atoms with van der Waals surface area (Å²) in [5.41, 5.74) is 3.06. The first-order valence-corrected chi connectivity index (χ1v) is 3.30. The summed E-state index contributed by atoms with van der Waals surface area (Å²) >= 11 is 0. The molecular formula is C5H6N6O. The maximum Gasteiger partial charge on any atom is 0.280 e. The summed E-state index contributed by atoms with van der Waals surface area (Å²) in [4.78, 5) is 18.7. The summed E-state index contributed by atoms with van der Waals surface area (Å²) in [6.45, 7) is 0. The molecule has 0 saturated heterocycles. The van der Waals surface area contributed by atoms with Gasteiger partial charge in [0.05, 0.1) is 6.33 Å². The van der Waals surface area contributed by atoms with Crippen molar-refractivity contribution >= 4 is 11.2 Å². The van der Waals surface area contributed by atoms with Crippen molar-refractivity contribution in [3.63, 3.8) is 0 Å². The molecule has 7 heteroatoms. The van der Waals surface area contributed by atoms with Crippen molar-refractivity contribution < 1.29 is 0 Å². The highest BCUT2D eigenvalue weighted by atomic mass is 16.1. The van der Waals surface area contributed by atoms with E-state index in [-0.39, 0.29) is 11.1 Å². The molecule has 0 radical (unpaired) electrons. The van der Waals surface area contributed by atoms with E-state index in [2.05, 4.69) is 25.7 Å². The van der Waals surface area contributed by atoms with Crippen LogP contribution in [0.5, 0.6) is 0 Å². The van der Waals surface area contributed by atoms with Crippen molar-refractivity contribution in [1.82, 2.24) is 25.1 Å². The van der Waals surface area contributed by atoms with Crippen LogP contribution in [0.2, 0.25) is 0 Å². The molecule has 0 aliphatic carbocycles. The molecule has 0 bridgehead atoms. The zero-order valence-corrected chi connectivity index (χ0v) is 6.27. The van der Waals surface area contributed by atoms with E-state index in [1.54, 1.807) is 7.05 Å². The fraction of sp³-hybridized carbons (Fsp3) is 0.200. The number of nitrogens with one attached hydrogen (secondary N) is 2. The Morgan fingerprint density at radius 2 is 2.50 bits per heavy atom. The highest BCUT2D eigenvalue weighted by Gasteiger charge is 2.06. The van der Waals surface area contributed by atoms with Gasteiger partial charge in [-0.2, -0.15) is 0 Å². The van der Waals surface area contributed by atoms with Gasteiger partial charge in [-0.1, -0.05) is 0 Å². The largest absolute Gasteiger partial charge is 0.311 e. The molecule has 0 unspecified atom stereocenters. The van der Waals surface area contributed by atoms with Crippen LogP contribution < -0.4 is 11.0 Å². The van der Waals surface area contributed by atoms with Gasteiger partial charge in [0.15, 0.2) is 5.52 Å². The Labute approximate surface area is 66.4 Å². The number of hydrogen-bond donors (Lipinski definition) is 2. The van der Waals surface area contributed by atoms with Crippen LogP contribution in [0.25, 0.3) is 11.2 Å². The van der Waals surface area contributed by atoms with Crippen molar-refractivity contribution in [2.24, 2.45) is 0 Å². The smallest absolute Gasteiger partial charge is 0.280 e. The lowest BCUT2D eigenvalue weighted by molar-refractivity contribution is 0.742. The van der Waals surface area contributed by atoms with Gasteiger partial charge in [-0.05, 0) is 5.21 Å². The Kier molecular flexibility index (Phi) is 1.29. The van der Waals surface area contributed by atoms with Crippen LogP contribution in [0.3, 0.4) is 0 Å². The molecule has 0 spiro atoms. The fourth-order valence-corrected chi connectivity index (χ4v) is 0.911. The van der Waals surface area contributed by atoms with Gasteiger partial charge in [0.25, 0.3) is 5.56 Å². The third-order valence-corrected chi connectivity index (χ3v) is 1.46. The van der Waals surface area contributed by atoms with Crippen molar-refractivity contribution in [3.8, 4) is 0 Å². The van der Waals surface area contributed by atoms with Crippen molar-refractivity contribution in [1.29, 1.82) is 0 Å². The summed E-state index contributed by atoms with van der Waals surface area (Å²) in [6.07, 6.45) is 1.31. The van der Waals surface area contributed by atoms with Gasteiger partial charge in [0.1, 0.15) is 0 Å². The Balaban J connectivity index is 2.89. The van der Waals surface area contributed by atoms with E-state index in [9.17, 15) is 4.79 Å². The number of fused-ring (bicyclic) bond motifs is 1. The number of aromatic amines is 1. The monoisotopic (exact) mass is 166 g/mol. The Hall–Kier alpha value is -1.92. The summed E-state index contributed by atoms with van der Waals surface area (Å²) < 4.78 is 0. The number of nitrogens with zero attached hydrogens (tertiary/aromatic N) is 4. The molecule has 0 atom stereocenters. The molecule has 0 saturated carbocycles. The SMILES string of the molecule is CNn1nnc2c(=O)[nH]cnc21. The minimum absolute atomic E-state index is 0.229. The molecule has 2 aromatic heterocycles. The fourth-order valence-electron chi connectivity index (χ4n) is 0.911. The minimum Gasteiger partial charge on any atom is -0.311 e. The molecule has 0 fully saturated rings. The molecule has 2 heterocycles. The normalized spacial score (nSPS) is 10.4. The van der Waals surface area contributed by atoms with E-state index in [1.165, 1.54) is 11.1 Å². The number of hydrogen-bond acceptors (Lipinski definition) is 5. The number of H-pyrrole nitrogens is 1. The molecule has 7 nitrogen and oxygen atoms in total. The first kappa shape index (κ1) is 6.77. The van der Waals surface area contributed by atoms with Crippen molar-refractivity contribution in [2.75, 3.05) is 12.5 Å². The van der Waals surface area contributed by atoms with Gasteiger partial charge in [-0.3, -0.25) is 4.79 Å². The lowest BCUT2D eigenvalue weighted by Crippen LogP contribution is -2.12. The highest BCUT2D eigenvalue weighted by molar-refractivity contribution is 5.67. The topological polar surface area (TPSA) is 88.5 Å². The first-order valence-electron chi connectivity index (χ1n) is 3.30. The second-order valence-electron chi connectivity index (χ2n) is 2.13. The van der Waals surface area contributed by atoms with Crippen LogP contribution in [0.15, 0.2) is 11.1 Å². The lowest BCUT2D eigenvalue weighted by Gasteiger charge is -1.95. The summed E-state index contributed by atoms with van der Waals surface area (Å²) in [7, 11) is 1.66. The van der Waals surface area contributed by atoms with Crippen LogP contribution in [0.1, 0.15) is 0 Å². The quantitative estimate of drug-likeness (QED) is 0.549. The van der Waals surface area contributed by atoms with Gasteiger partial charge < -0.3 is 10.4 Å². The second kappa shape index (κ2) is 2.29. The summed E-state index contributed by atoms with van der Waals surface area (Å²) in [5, 5.41) is 7.28. The van der Waals surface area contributed by atoms with Gasteiger partial charge in [0.2, 0.25) is 5.65 Å². The maximum atomic E-state index is 11.1. The van der Waals surface area contributed by atoms with E-state index in [0.29, 0.717) is 5.65 Å². The predicted molar refractivity (Wildman–Crippen MR) is 41.2 cm³/mol. The summed E-state index contributed by atoms with van der Waals surface area (Å²) in [5.74, 6) is 0. The van der Waals surface area contributed by atoms with E-state index in [0.717, 1.165) is 0 Å². The standard InChI is InChI=1S/C5H6N6O/c1-6-11-4-3(9-10-11)5(12)8-2-7-4/h2,6H,1H3,(H,7,8,12). The van der Waals surface area contributed by atoms with E-state index < -0.39 is 0 Å². The molecule has 0 aromatic carbocycles. The molecule has 2 rings (SSSR count). The third kappa shape index (κ3) is 0.760. The van der Waals surface area contributed by atoms with Crippen LogP contribution in [-0.4, -0.2) is 32.1 Å². The van der Waals surface area contributed by atoms with Crippen LogP contribution in [0, 0.1) is 0 Å². The van der Waals surface area contributed by atoms with Gasteiger partial charge in [0, 0.05) is 7.05 Å². The van der Waals surface area contributed by atoms with Gasteiger partial charge >= 0.3 is 0 Å². The zero-order chi connectivity index (χ0) is 8.55. The van der Waals surface area contributed by atoms with Crippen LogP contribution in [0.4, 0.5) is 0 Å².